The van der Waals surface area contributed by atoms with Gasteiger partial charge in [-0.15, -0.1) is 0 Å². The largest absolute Gasteiger partial charge is 0.394 e. The van der Waals surface area contributed by atoms with Crippen molar-refractivity contribution in [1.29, 1.82) is 0 Å². The lowest BCUT2D eigenvalue weighted by Crippen LogP contribution is -2.59. The number of benzene rings is 2. The van der Waals surface area contributed by atoms with E-state index in [9.17, 15) is 30.3 Å². The summed E-state index contributed by atoms with van der Waals surface area (Å²) in [5.74, 6) is -0.191. The third kappa shape index (κ3) is 4.24. The standard InChI is InChI=1S/C22H27NO7/c1-11-8-13(12-4-3-5-14(9-12)22(29)23-2)6-7-15(11)17(25)21-20(28)19(27)18(26)16(10-24)30-21/h3-9,16-21,24-28H,10H2,1-2H3,(H,23,29)/t16-,17?,18-,19?,20+,21+/m0/s1. The summed E-state index contributed by atoms with van der Waals surface area (Å²) >= 11 is 0. The van der Waals surface area contributed by atoms with Crippen molar-refractivity contribution in [2.24, 2.45) is 0 Å². The predicted molar refractivity (Wildman–Crippen MR) is 109 cm³/mol. The summed E-state index contributed by atoms with van der Waals surface area (Å²) < 4.78 is 5.47. The molecule has 8 heteroatoms. The van der Waals surface area contributed by atoms with Crippen molar-refractivity contribution in [3.8, 4) is 11.1 Å². The Morgan fingerprint density at radius 1 is 1.07 bits per heavy atom. The Balaban J connectivity index is 1.87. The lowest BCUT2D eigenvalue weighted by atomic mass is 9.87. The van der Waals surface area contributed by atoms with Gasteiger partial charge in [-0.3, -0.25) is 4.79 Å². The van der Waals surface area contributed by atoms with Crippen LogP contribution in [-0.2, 0) is 4.74 Å². The molecule has 30 heavy (non-hydrogen) atoms. The number of carbonyl (C=O) groups excluding carboxylic acids is 1. The van der Waals surface area contributed by atoms with Gasteiger partial charge in [-0.1, -0.05) is 30.3 Å². The number of aryl methyl sites for hydroxylation is 1. The zero-order chi connectivity index (χ0) is 22.0. The fourth-order valence-electron chi connectivity index (χ4n) is 3.74. The van der Waals surface area contributed by atoms with Crippen molar-refractivity contribution in [1.82, 2.24) is 5.32 Å². The van der Waals surface area contributed by atoms with Crippen LogP contribution in [0.15, 0.2) is 42.5 Å². The summed E-state index contributed by atoms with van der Waals surface area (Å²) in [5.41, 5.74) is 3.38. The minimum atomic E-state index is -1.55. The molecule has 0 spiro atoms. The third-order valence-electron chi connectivity index (χ3n) is 5.51. The molecule has 2 unspecified atom stereocenters. The van der Waals surface area contributed by atoms with Crippen molar-refractivity contribution in [2.75, 3.05) is 13.7 Å². The van der Waals surface area contributed by atoms with Gasteiger partial charge in [-0.05, 0) is 41.3 Å². The molecule has 0 radical (unpaired) electrons. The van der Waals surface area contributed by atoms with Crippen LogP contribution >= 0.6 is 0 Å². The highest BCUT2D eigenvalue weighted by Gasteiger charge is 2.46. The van der Waals surface area contributed by atoms with Gasteiger partial charge in [0.15, 0.2) is 0 Å². The second-order valence-corrected chi connectivity index (χ2v) is 7.47. The first-order chi connectivity index (χ1) is 14.3. The van der Waals surface area contributed by atoms with Gasteiger partial charge < -0.3 is 35.6 Å². The second kappa shape index (κ2) is 9.22. The molecule has 2 aromatic rings. The van der Waals surface area contributed by atoms with Crippen LogP contribution in [0.2, 0.25) is 0 Å². The minimum Gasteiger partial charge on any atom is -0.394 e. The highest BCUT2D eigenvalue weighted by molar-refractivity contribution is 5.95. The lowest BCUT2D eigenvalue weighted by Gasteiger charge is -2.42. The quantitative estimate of drug-likeness (QED) is 0.399. The monoisotopic (exact) mass is 417 g/mol. The van der Waals surface area contributed by atoms with Crippen LogP contribution in [0.4, 0.5) is 0 Å². The molecule has 1 amide bonds. The first-order valence-electron chi connectivity index (χ1n) is 9.70. The van der Waals surface area contributed by atoms with Crippen LogP contribution in [0.1, 0.15) is 27.6 Å². The Hall–Kier alpha value is -2.33. The maximum Gasteiger partial charge on any atom is 0.251 e. The zero-order valence-corrected chi connectivity index (χ0v) is 16.8. The summed E-state index contributed by atoms with van der Waals surface area (Å²) in [6.45, 7) is 1.22. The number of hydrogen-bond donors (Lipinski definition) is 6. The maximum atomic E-state index is 11.9. The number of hydrogen-bond acceptors (Lipinski definition) is 7. The first-order valence-corrected chi connectivity index (χ1v) is 9.70. The molecule has 0 bridgehead atoms. The van der Waals surface area contributed by atoms with Crippen molar-refractivity contribution >= 4 is 5.91 Å². The average Bonchev–Trinajstić information content (AvgIpc) is 2.76. The Morgan fingerprint density at radius 3 is 2.40 bits per heavy atom. The molecule has 1 aliphatic heterocycles. The smallest absolute Gasteiger partial charge is 0.251 e. The van der Waals surface area contributed by atoms with Crippen molar-refractivity contribution in [3.63, 3.8) is 0 Å². The van der Waals surface area contributed by atoms with Crippen LogP contribution in [0.5, 0.6) is 0 Å². The number of nitrogens with one attached hydrogen (secondary N) is 1. The summed E-state index contributed by atoms with van der Waals surface area (Å²) in [6, 6.07) is 12.4. The van der Waals surface area contributed by atoms with E-state index in [4.69, 9.17) is 4.74 Å². The SMILES string of the molecule is CNC(=O)c1cccc(-c2ccc(C(O)[C@H]3O[C@@H](CO)[C@H](O)C(O)[C@H]3O)c(C)c2)c1. The van der Waals surface area contributed by atoms with Crippen LogP contribution in [0.25, 0.3) is 11.1 Å². The van der Waals surface area contributed by atoms with Gasteiger partial charge in [0.1, 0.15) is 36.6 Å². The highest BCUT2D eigenvalue weighted by Crippen LogP contribution is 2.33. The molecule has 1 saturated heterocycles. The van der Waals surface area contributed by atoms with Gasteiger partial charge >= 0.3 is 0 Å². The Bertz CT molecular complexity index is 901. The second-order valence-electron chi connectivity index (χ2n) is 7.47. The molecule has 6 N–H and O–H groups in total. The van der Waals surface area contributed by atoms with Gasteiger partial charge in [0.05, 0.1) is 6.61 Å². The fraction of sp³-hybridized carbons (Fsp3) is 0.409. The first kappa shape index (κ1) is 22.4. The van der Waals surface area contributed by atoms with Gasteiger partial charge in [-0.2, -0.15) is 0 Å². The molecule has 0 aliphatic carbocycles. The third-order valence-corrected chi connectivity index (χ3v) is 5.51. The number of carbonyl (C=O) groups is 1. The minimum absolute atomic E-state index is 0.191. The van der Waals surface area contributed by atoms with E-state index in [1.165, 1.54) is 0 Å². The molecule has 0 saturated carbocycles. The number of aliphatic hydroxyl groups excluding tert-OH is 5. The van der Waals surface area contributed by atoms with E-state index >= 15 is 0 Å². The molecular formula is C22H27NO7. The summed E-state index contributed by atoms with van der Waals surface area (Å²) in [7, 11) is 1.56. The van der Waals surface area contributed by atoms with Crippen molar-refractivity contribution < 1.29 is 35.1 Å². The van der Waals surface area contributed by atoms with Crippen LogP contribution in [0.3, 0.4) is 0 Å². The van der Waals surface area contributed by atoms with E-state index < -0.39 is 43.2 Å². The molecule has 3 rings (SSSR count). The normalized spacial score (nSPS) is 27.5. The summed E-state index contributed by atoms with van der Waals surface area (Å²) in [6.07, 6.45) is -8.16. The lowest BCUT2D eigenvalue weighted by molar-refractivity contribution is -0.250. The zero-order valence-electron chi connectivity index (χ0n) is 16.8. The Kier molecular flexibility index (Phi) is 6.87. The van der Waals surface area contributed by atoms with Crippen molar-refractivity contribution in [3.05, 3.63) is 59.2 Å². The molecule has 162 valence electrons. The average molecular weight is 417 g/mol. The number of rotatable bonds is 5. The van der Waals surface area contributed by atoms with E-state index in [1.807, 2.05) is 12.1 Å². The molecular weight excluding hydrogens is 390 g/mol. The molecule has 1 heterocycles. The van der Waals surface area contributed by atoms with Crippen LogP contribution in [0, 0.1) is 6.92 Å². The van der Waals surface area contributed by atoms with E-state index in [2.05, 4.69) is 5.32 Å². The van der Waals surface area contributed by atoms with Gasteiger partial charge in [0.2, 0.25) is 0 Å². The number of ether oxygens (including phenoxy) is 1. The van der Waals surface area contributed by atoms with E-state index in [1.54, 1.807) is 44.3 Å². The Morgan fingerprint density at radius 2 is 1.77 bits per heavy atom. The van der Waals surface area contributed by atoms with Gasteiger partial charge in [-0.25, -0.2) is 0 Å². The molecule has 6 atom stereocenters. The van der Waals surface area contributed by atoms with Gasteiger partial charge in [0, 0.05) is 12.6 Å². The number of aliphatic hydroxyl groups is 5. The molecule has 2 aromatic carbocycles. The van der Waals surface area contributed by atoms with Gasteiger partial charge in [0.25, 0.3) is 5.91 Å². The molecule has 1 aliphatic rings. The maximum absolute atomic E-state index is 11.9. The van der Waals surface area contributed by atoms with Crippen LogP contribution in [-0.4, -0.2) is 75.6 Å². The molecule has 8 nitrogen and oxygen atoms in total. The summed E-state index contributed by atoms with van der Waals surface area (Å²) in [5, 5.41) is 52.9. The van der Waals surface area contributed by atoms with Crippen LogP contribution < -0.4 is 5.32 Å². The number of amides is 1. The van der Waals surface area contributed by atoms with E-state index in [0.717, 1.165) is 11.1 Å². The van der Waals surface area contributed by atoms with E-state index in [0.29, 0.717) is 16.7 Å². The molecule has 1 fully saturated rings. The molecule has 0 aromatic heterocycles. The van der Waals surface area contributed by atoms with Crippen molar-refractivity contribution in [2.45, 2.75) is 43.5 Å². The Labute approximate surface area is 174 Å². The summed E-state index contributed by atoms with van der Waals surface area (Å²) in [4.78, 5) is 11.9. The fourth-order valence-corrected chi connectivity index (χ4v) is 3.74. The predicted octanol–water partition coefficient (Wildman–Crippen LogP) is -0.103. The topological polar surface area (TPSA) is 139 Å². The van der Waals surface area contributed by atoms with E-state index in [-0.39, 0.29) is 5.91 Å². The highest BCUT2D eigenvalue weighted by atomic mass is 16.6.